The molecule has 3 aromatic rings. The van der Waals surface area contributed by atoms with Gasteiger partial charge in [0.1, 0.15) is 5.82 Å². The van der Waals surface area contributed by atoms with E-state index in [1.54, 1.807) is 5.56 Å². The van der Waals surface area contributed by atoms with E-state index in [9.17, 15) is 0 Å². The molecule has 28 heavy (non-hydrogen) atoms. The molecule has 0 N–H and O–H groups in total. The molecule has 0 saturated carbocycles. The molecule has 0 radical (unpaired) electrons. The number of halogens is 2. The van der Waals surface area contributed by atoms with Gasteiger partial charge in [0.2, 0.25) is 0 Å². The van der Waals surface area contributed by atoms with Gasteiger partial charge in [0.05, 0.1) is 0 Å². The van der Waals surface area contributed by atoms with Gasteiger partial charge in [0, 0.05) is 24.5 Å². The summed E-state index contributed by atoms with van der Waals surface area (Å²) in [4.78, 5) is 4.67. The Morgan fingerprint density at radius 2 is 1.71 bits per heavy atom. The van der Waals surface area contributed by atoms with Crippen LogP contribution in [-0.2, 0) is 26.2 Å². The predicted molar refractivity (Wildman–Crippen MR) is 117 cm³/mol. The molecule has 4 rings (SSSR count). The third-order valence-electron chi connectivity index (χ3n) is 5.44. The van der Waals surface area contributed by atoms with Gasteiger partial charge in [0.25, 0.3) is 0 Å². The molecule has 1 aliphatic carbocycles. The first kappa shape index (κ1) is 23.0. The Morgan fingerprint density at radius 3 is 2.43 bits per heavy atom. The third-order valence-corrected chi connectivity index (χ3v) is 5.44. The fourth-order valence-corrected chi connectivity index (χ4v) is 4.19. The number of hydrogen-bond acceptors (Lipinski definition) is 1. The Balaban J connectivity index is 0.000000660. The standard InChI is InChI=1S/C22H24N2.CH3.2ClH.Cr/c1-22(2,20-13-12-17-8-6-7-11-19(17)20)16-21-23-14-15-24(21)18-9-4-3-5-10-18;;;;/h3-11,14-15,20H,12-13,16H2,1-2H3;1H3;2*1H;/q;-1;;;+3/p-2. The van der Waals surface area contributed by atoms with E-state index in [2.05, 4.69) is 84.2 Å². The number of benzene rings is 2. The van der Waals surface area contributed by atoms with E-state index >= 15 is 0 Å². The van der Waals surface area contributed by atoms with Crippen LogP contribution >= 0.6 is 20.1 Å². The summed E-state index contributed by atoms with van der Waals surface area (Å²) in [5.74, 6) is 1.75. The molecule has 0 saturated heterocycles. The summed E-state index contributed by atoms with van der Waals surface area (Å²) in [6, 6.07) is 19.4. The summed E-state index contributed by atoms with van der Waals surface area (Å²) in [6.45, 7) is 4.79. The maximum atomic E-state index is 4.83. The van der Waals surface area contributed by atoms with E-state index < -0.39 is 0 Å². The zero-order valence-corrected chi connectivity index (χ0v) is 19.4. The van der Waals surface area contributed by atoms with Gasteiger partial charge in [-0.3, -0.25) is 0 Å². The van der Waals surface area contributed by atoms with E-state index in [0.29, 0.717) is 5.92 Å². The Labute approximate surface area is 184 Å². The van der Waals surface area contributed by atoms with Crippen LogP contribution in [0.25, 0.3) is 5.69 Å². The summed E-state index contributed by atoms with van der Waals surface area (Å²) in [5.41, 5.74) is 4.44. The molecular weight excluding hydrogens is 427 g/mol. The molecule has 0 spiro atoms. The van der Waals surface area contributed by atoms with Crippen molar-refractivity contribution < 1.29 is 13.4 Å². The van der Waals surface area contributed by atoms with Crippen molar-refractivity contribution in [3.05, 3.63) is 91.4 Å². The van der Waals surface area contributed by atoms with Crippen LogP contribution in [-0.4, -0.2) is 9.55 Å². The third kappa shape index (κ3) is 5.22. The molecule has 0 fully saturated rings. The van der Waals surface area contributed by atoms with E-state index in [4.69, 9.17) is 20.1 Å². The second-order valence-electron chi connectivity index (χ2n) is 7.56. The molecule has 2 nitrogen and oxygen atoms in total. The number of fused-ring (bicyclic) bond motifs is 1. The molecule has 1 aromatic heterocycles. The maximum absolute atomic E-state index is 4.83. The first-order valence-corrected chi connectivity index (χ1v) is 12.6. The molecule has 1 aliphatic rings. The van der Waals surface area contributed by atoms with Crippen molar-refractivity contribution in [2.75, 3.05) is 0 Å². The van der Waals surface area contributed by atoms with Crippen LogP contribution in [0.15, 0.2) is 67.0 Å². The average molecular weight is 454 g/mol. The zero-order chi connectivity index (χ0) is 19.3. The first-order chi connectivity index (χ1) is 13.1. The molecule has 0 aliphatic heterocycles. The van der Waals surface area contributed by atoms with Crippen molar-refractivity contribution >= 4 is 20.1 Å². The van der Waals surface area contributed by atoms with Crippen LogP contribution in [0.3, 0.4) is 0 Å². The van der Waals surface area contributed by atoms with Crippen LogP contribution in [0, 0.1) is 12.8 Å². The Kier molecular flexibility index (Phi) is 8.65. The van der Waals surface area contributed by atoms with Crippen LogP contribution in [0.5, 0.6) is 0 Å². The van der Waals surface area contributed by atoms with Gasteiger partial charge in [-0.05, 0) is 47.4 Å². The van der Waals surface area contributed by atoms with E-state index in [-0.39, 0.29) is 26.2 Å². The first-order valence-electron chi connectivity index (χ1n) is 9.11. The van der Waals surface area contributed by atoms with E-state index in [0.717, 1.165) is 12.2 Å². The fraction of sp³-hybridized carbons (Fsp3) is 0.304. The number of hydrogen-bond donors (Lipinski definition) is 0. The van der Waals surface area contributed by atoms with Crippen molar-refractivity contribution in [3.63, 3.8) is 0 Å². The Bertz CT molecular complexity index is 862. The molecule has 2 aromatic carbocycles. The average Bonchev–Trinajstić information content (AvgIpc) is 3.30. The van der Waals surface area contributed by atoms with Crippen LogP contribution in [0.2, 0.25) is 0 Å². The minimum absolute atomic E-state index is 0. The predicted octanol–water partition coefficient (Wildman–Crippen LogP) is 7.00. The summed E-state index contributed by atoms with van der Waals surface area (Å²) < 4.78 is 2.22. The molecule has 149 valence electrons. The van der Waals surface area contributed by atoms with Gasteiger partial charge < -0.3 is 12.0 Å². The molecular formula is C23H27Cl2CrN2. The summed E-state index contributed by atoms with van der Waals surface area (Å²) >= 11 is -0.181. The number of rotatable bonds is 4. The van der Waals surface area contributed by atoms with Crippen molar-refractivity contribution in [1.82, 2.24) is 9.55 Å². The molecule has 0 bridgehead atoms. The number of nitrogens with zero attached hydrogens (tertiary/aromatic N) is 2. The Morgan fingerprint density at radius 1 is 1.07 bits per heavy atom. The van der Waals surface area contributed by atoms with E-state index in [1.165, 1.54) is 24.1 Å². The van der Waals surface area contributed by atoms with Gasteiger partial charge in [-0.15, -0.1) is 0 Å². The van der Waals surface area contributed by atoms with Gasteiger partial charge >= 0.3 is 33.5 Å². The normalized spacial score (nSPS) is 15.1. The summed E-state index contributed by atoms with van der Waals surface area (Å²) in [6.07, 6.45) is 7.42. The quantitative estimate of drug-likeness (QED) is 0.388. The minimum atomic E-state index is -0.181. The van der Waals surface area contributed by atoms with Crippen molar-refractivity contribution in [2.45, 2.75) is 39.0 Å². The van der Waals surface area contributed by atoms with Crippen molar-refractivity contribution in [2.24, 2.45) is 5.41 Å². The number of aromatic nitrogens is 2. The molecule has 1 heterocycles. The zero-order valence-electron chi connectivity index (χ0n) is 16.6. The second kappa shape index (κ2) is 10.5. The van der Waals surface area contributed by atoms with Gasteiger partial charge in [-0.1, -0.05) is 56.3 Å². The molecule has 0 amide bonds. The number of imidazole rings is 1. The van der Waals surface area contributed by atoms with E-state index in [1.807, 2.05) is 6.20 Å². The van der Waals surface area contributed by atoms with Gasteiger partial charge in [-0.25, -0.2) is 4.98 Å². The molecule has 5 heteroatoms. The van der Waals surface area contributed by atoms with Crippen LogP contribution < -0.4 is 0 Å². The summed E-state index contributed by atoms with van der Waals surface area (Å²) in [7, 11) is 9.65. The monoisotopic (exact) mass is 453 g/mol. The summed E-state index contributed by atoms with van der Waals surface area (Å²) in [5, 5.41) is 0. The number of aryl methyl sites for hydroxylation is 1. The topological polar surface area (TPSA) is 17.8 Å². The number of para-hydroxylation sites is 1. The Hall–Kier alpha value is -1.24. The van der Waals surface area contributed by atoms with Crippen LogP contribution in [0.4, 0.5) is 0 Å². The second-order valence-corrected chi connectivity index (χ2v) is 9.67. The fourth-order valence-electron chi connectivity index (χ4n) is 4.19. The van der Waals surface area contributed by atoms with Gasteiger partial charge in [-0.2, -0.15) is 0 Å². The molecule has 1 unspecified atom stereocenters. The van der Waals surface area contributed by atoms with Crippen molar-refractivity contribution in [3.8, 4) is 5.69 Å². The van der Waals surface area contributed by atoms with Crippen molar-refractivity contribution in [1.29, 1.82) is 0 Å². The SMILES string of the molecule is CC(C)(Cc1nccn1-c1ccccc1)C1CCc2ccccc21.[CH3-].[Cl][Cr+][Cl]. The van der Waals surface area contributed by atoms with Crippen LogP contribution in [0.1, 0.15) is 43.1 Å². The molecule has 1 atom stereocenters. The van der Waals surface area contributed by atoms with Gasteiger partial charge in [0.15, 0.2) is 0 Å².